The maximum atomic E-state index is 14.5. The van der Waals surface area contributed by atoms with Crippen molar-refractivity contribution in [2.75, 3.05) is 13.3 Å². The van der Waals surface area contributed by atoms with E-state index in [9.17, 15) is 27.6 Å². The van der Waals surface area contributed by atoms with Gasteiger partial charge in [-0.05, 0) is 64.5 Å². The van der Waals surface area contributed by atoms with E-state index >= 15 is 0 Å². The number of rotatable bonds is 11. The Bertz CT molecular complexity index is 1890. The van der Waals surface area contributed by atoms with E-state index in [1.165, 1.54) is 24.1 Å². The Morgan fingerprint density at radius 2 is 1.77 bits per heavy atom. The molecular weight excluding hydrogens is 718 g/mol. The number of nitrogens with zero attached hydrogens (tertiary/aromatic N) is 2. The van der Waals surface area contributed by atoms with Gasteiger partial charge in [0.2, 0.25) is 34.4 Å². The lowest BCUT2D eigenvalue weighted by atomic mass is 9.85. The molecule has 0 radical (unpaired) electrons. The number of ether oxygens (including phenoxy) is 4. The molecule has 1 saturated carbocycles. The third-order valence-electron chi connectivity index (χ3n) is 8.87. The molecule has 0 spiro atoms. The topological polar surface area (TPSA) is 192 Å². The van der Waals surface area contributed by atoms with Gasteiger partial charge in [0, 0.05) is 23.4 Å². The molecular formula is C35H46ClN5O10S. The first kappa shape index (κ1) is 38.9. The quantitative estimate of drug-likeness (QED) is 0.222. The number of alkyl carbamates (subject to hydrolysis) is 1. The Kier molecular flexibility index (Phi) is 10.7. The average molecular weight is 764 g/mol. The number of benzene rings is 1. The molecule has 52 heavy (non-hydrogen) atoms. The molecule has 1 aromatic carbocycles. The molecule has 1 aliphatic carbocycles. The third-order valence-corrected chi connectivity index (χ3v) is 11.0. The van der Waals surface area contributed by atoms with Gasteiger partial charge in [-0.15, -0.1) is 6.58 Å². The molecule has 0 unspecified atom stereocenters. The smallest absolute Gasteiger partial charge is 0.408 e. The van der Waals surface area contributed by atoms with E-state index in [2.05, 4.69) is 26.9 Å². The summed E-state index contributed by atoms with van der Waals surface area (Å²) >= 11 is 6.42. The first-order valence-corrected chi connectivity index (χ1v) is 18.9. The molecule has 4 amide bonds. The van der Waals surface area contributed by atoms with E-state index in [-0.39, 0.29) is 37.1 Å². The van der Waals surface area contributed by atoms with E-state index in [0.717, 1.165) is 0 Å². The van der Waals surface area contributed by atoms with Crippen LogP contribution in [0, 0.1) is 5.41 Å². The molecule has 2 aromatic rings. The molecule has 2 fully saturated rings. The molecule has 284 valence electrons. The normalized spacial score (nSPS) is 20.4. The maximum absolute atomic E-state index is 14.5. The van der Waals surface area contributed by atoms with Gasteiger partial charge in [0.25, 0.3) is 5.91 Å². The number of sulfonamides is 1. The number of amides is 4. The van der Waals surface area contributed by atoms with Crippen molar-refractivity contribution >= 4 is 56.2 Å². The van der Waals surface area contributed by atoms with Crippen LogP contribution < -0.4 is 29.6 Å². The first-order valence-electron chi connectivity index (χ1n) is 17.0. The first-order chi connectivity index (χ1) is 24.1. The van der Waals surface area contributed by atoms with E-state index in [0.29, 0.717) is 35.1 Å². The zero-order valence-corrected chi connectivity index (χ0v) is 31.9. The summed E-state index contributed by atoms with van der Waals surface area (Å²) in [6, 6.07) is 0.988. The second-order valence-corrected chi connectivity index (χ2v) is 17.9. The van der Waals surface area contributed by atoms with Crippen molar-refractivity contribution in [2.24, 2.45) is 5.41 Å². The molecule has 3 heterocycles. The number of pyridine rings is 1. The van der Waals surface area contributed by atoms with Gasteiger partial charge in [-0.25, -0.2) is 18.2 Å². The number of fused-ring (bicyclic) bond motifs is 3. The molecule has 4 atom stereocenters. The minimum Gasteiger partial charge on any atom is -0.484 e. The second kappa shape index (κ2) is 14.3. The lowest BCUT2D eigenvalue weighted by Gasteiger charge is -2.36. The number of nitrogens with one attached hydrogen (secondary N) is 3. The van der Waals surface area contributed by atoms with E-state index in [4.69, 9.17) is 30.5 Å². The Balaban J connectivity index is 1.48. The predicted octanol–water partition coefficient (Wildman–Crippen LogP) is 3.96. The number of carbonyl (C=O) groups excluding carboxylic acids is 4. The highest BCUT2D eigenvalue weighted by Crippen LogP contribution is 2.48. The van der Waals surface area contributed by atoms with Gasteiger partial charge in [0.15, 0.2) is 11.5 Å². The van der Waals surface area contributed by atoms with Gasteiger partial charge in [-0.1, -0.05) is 38.4 Å². The summed E-state index contributed by atoms with van der Waals surface area (Å²) < 4.78 is 50.8. The van der Waals surface area contributed by atoms with Crippen LogP contribution in [0.3, 0.4) is 0 Å². The highest BCUT2D eigenvalue weighted by atomic mass is 35.5. The van der Waals surface area contributed by atoms with Gasteiger partial charge >= 0.3 is 6.09 Å². The van der Waals surface area contributed by atoms with Crippen LogP contribution in [0.25, 0.3) is 10.8 Å². The monoisotopic (exact) mass is 763 g/mol. The number of aromatic nitrogens is 1. The zero-order valence-electron chi connectivity index (χ0n) is 30.3. The van der Waals surface area contributed by atoms with E-state index in [1.807, 2.05) is 0 Å². The standard InChI is InChI=1S/C35H46ClN5O10S/c1-9-13-35(8,31(44)40-52(46,47)20-10-11-20)39-29(42)23-15-19(17-41(23)30(43)27(33(2,3)4)38-32(45)51-34(5,6)7)50-24-16-22-21(12-14-37-28(22)36)25-26(24)49-18-48-25/h9,12,14,16,19-20,23,27H,1,10-11,13,15,17-18H2,2-8H3,(H,38,45)(H,39,42)(H,40,44)/t19-,23+,27-,35-/m1/s1. The largest absolute Gasteiger partial charge is 0.484 e. The summed E-state index contributed by atoms with van der Waals surface area (Å²) in [5.74, 6) is -1.33. The van der Waals surface area contributed by atoms with Gasteiger partial charge in [-0.2, -0.15) is 0 Å². The molecule has 15 nitrogen and oxygen atoms in total. The molecule has 2 aliphatic heterocycles. The average Bonchev–Trinajstić information content (AvgIpc) is 3.63. The Labute approximate surface area is 308 Å². The van der Waals surface area contributed by atoms with Gasteiger partial charge in [0.05, 0.1) is 11.8 Å². The third kappa shape index (κ3) is 8.49. The molecule has 17 heteroatoms. The van der Waals surface area contributed by atoms with Crippen LogP contribution in [0.2, 0.25) is 5.15 Å². The minimum absolute atomic E-state index is 0.0541. The summed E-state index contributed by atoms with van der Waals surface area (Å²) in [4.78, 5) is 60.5. The fourth-order valence-corrected chi connectivity index (χ4v) is 7.69. The van der Waals surface area contributed by atoms with Crippen LogP contribution in [0.5, 0.6) is 17.2 Å². The van der Waals surface area contributed by atoms with Crippen molar-refractivity contribution < 1.29 is 46.5 Å². The summed E-state index contributed by atoms with van der Waals surface area (Å²) in [5.41, 5.74) is -3.45. The lowest BCUT2D eigenvalue weighted by Crippen LogP contribution is -2.62. The Morgan fingerprint density at radius 1 is 1.10 bits per heavy atom. The van der Waals surface area contributed by atoms with Gasteiger partial charge in [0.1, 0.15) is 34.5 Å². The summed E-state index contributed by atoms with van der Waals surface area (Å²) in [6.07, 6.45) is 1.98. The Hall–Kier alpha value is -4.31. The second-order valence-electron chi connectivity index (χ2n) is 15.6. The number of hydrogen-bond donors (Lipinski definition) is 3. The molecule has 5 rings (SSSR count). The zero-order chi connectivity index (χ0) is 38.4. The van der Waals surface area contributed by atoms with Crippen molar-refractivity contribution in [2.45, 2.75) is 109 Å². The van der Waals surface area contributed by atoms with Crippen molar-refractivity contribution in [3.8, 4) is 17.2 Å². The van der Waals surface area contributed by atoms with E-state index < -0.39 is 73.8 Å². The van der Waals surface area contributed by atoms with Crippen LogP contribution in [-0.4, -0.2) is 90.0 Å². The van der Waals surface area contributed by atoms with Crippen molar-refractivity contribution in [3.05, 3.63) is 36.1 Å². The van der Waals surface area contributed by atoms with Gasteiger partial charge in [-0.3, -0.25) is 19.1 Å². The van der Waals surface area contributed by atoms with Crippen molar-refractivity contribution in [1.82, 2.24) is 25.2 Å². The SMILES string of the molecule is C=CC[C@@](C)(NC(=O)[C@@H]1C[C@@H](Oc2cc3c(Cl)nccc3c3c2OCO3)CN1C(=O)[C@@H](NC(=O)OC(C)(C)C)C(C)(C)C)C(=O)NS(=O)(=O)C1CC1. The molecule has 1 saturated heterocycles. The number of likely N-dealkylation sites (tertiary alicyclic amines) is 1. The summed E-state index contributed by atoms with van der Waals surface area (Å²) in [6.45, 7) is 15.2. The molecule has 0 bridgehead atoms. The van der Waals surface area contributed by atoms with Crippen LogP contribution in [0.15, 0.2) is 31.0 Å². The minimum atomic E-state index is -3.94. The predicted molar refractivity (Wildman–Crippen MR) is 191 cm³/mol. The summed E-state index contributed by atoms with van der Waals surface area (Å²) in [5, 5.41) is 6.08. The van der Waals surface area contributed by atoms with E-state index in [1.54, 1.807) is 53.7 Å². The van der Waals surface area contributed by atoms with Crippen LogP contribution >= 0.6 is 11.6 Å². The number of hydrogen-bond acceptors (Lipinski definition) is 11. The lowest BCUT2D eigenvalue weighted by molar-refractivity contribution is -0.143. The van der Waals surface area contributed by atoms with Gasteiger partial charge < -0.3 is 34.5 Å². The van der Waals surface area contributed by atoms with Crippen LogP contribution in [-0.2, 0) is 29.1 Å². The number of halogens is 1. The fourth-order valence-electron chi connectivity index (χ4n) is 6.07. The highest BCUT2D eigenvalue weighted by Gasteiger charge is 2.49. The molecule has 1 aromatic heterocycles. The Morgan fingerprint density at radius 3 is 2.38 bits per heavy atom. The fraction of sp³-hybridized carbons (Fsp3) is 0.571. The molecule has 3 N–H and O–H groups in total. The highest BCUT2D eigenvalue weighted by molar-refractivity contribution is 7.91. The van der Waals surface area contributed by atoms with Crippen molar-refractivity contribution in [3.63, 3.8) is 0 Å². The molecule has 3 aliphatic rings. The van der Waals surface area contributed by atoms with Crippen LogP contribution in [0.1, 0.15) is 74.1 Å². The summed E-state index contributed by atoms with van der Waals surface area (Å²) in [7, 11) is -3.94. The van der Waals surface area contributed by atoms with Crippen molar-refractivity contribution in [1.29, 1.82) is 0 Å². The maximum Gasteiger partial charge on any atom is 0.408 e. The van der Waals surface area contributed by atoms with Crippen LogP contribution in [0.4, 0.5) is 4.79 Å². The number of carbonyl (C=O) groups is 4.